The summed E-state index contributed by atoms with van der Waals surface area (Å²) in [6.07, 6.45) is 7.65. The minimum absolute atomic E-state index is 0.0110. The highest BCUT2D eigenvalue weighted by atomic mass is 16.2. The Morgan fingerprint density at radius 3 is 2.57 bits per heavy atom. The maximum atomic E-state index is 13.0. The Balaban J connectivity index is 1.53. The van der Waals surface area contributed by atoms with Gasteiger partial charge in [-0.2, -0.15) is 0 Å². The van der Waals surface area contributed by atoms with Crippen LogP contribution in [0.25, 0.3) is 0 Å². The summed E-state index contributed by atoms with van der Waals surface area (Å²) in [6, 6.07) is 13.8. The van der Waals surface area contributed by atoms with Crippen molar-refractivity contribution in [1.29, 1.82) is 0 Å². The summed E-state index contributed by atoms with van der Waals surface area (Å²) < 4.78 is 0. The van der Waals surface area contributed by atoms with Gasteiger partial charge in [-0.25, -0.2) is 0 Å². The van der Waals surface area contributed by atoms with Crippen LogP contribution < -0.4 is 10.2 Å². The topological polar surface area (TPSA) is 49.4 Å². The Kier molecular flexibility index (Phi) is 5.47. The van der Waals surface area contributed by atoms with E-state index in [2.05, 4.69) is 5.32 Å². The lowest BCUT2D eigenvalue weighted by Gasteiger charge is -2.30. The maximum Gasteiger partial charge on any atom is 0.258 e. The van der Waals surface area contributed by atoms with E-state index in [1.54, 1.807) is 0 Å². The van der Waals surface area contributed by atoms with Gasteiger partial charge >= 0.3 is 0 Å². The number of hydrogen-bond acceptors (Lipinski definition) is 2. The molecule has 1 aliphatic carbocycles. The van der Waals surface area contributed by atoms with Gasteiger partial charge in [0.1, 0.15) is 0 Å². The highest BCUT2D eigenvalue weighted by Gasteiger charge is 2.25. The molecule has 1 fully saturated rings. The minimum atomic E-state index is 0.0110. The van der Waals surface area contributed by atoms with Crippen molar-refractivity contribution in [3.05, 3.63) is 64.7 Å². The van der Waals surface area contributed by atoms with E-state index in [1.807, 2.05) is 54.3 Å². The van der Waals surface area contributed by atoms with Gasteiger partial charge in [-0.3, -0.25) is 9.59 Å². The van der Waals surface area contributed by atoms with E-state index in [1.165, 1.54) is 19.3 Å². The van der Waals surface area contributed by atoms with Gasteiger partial charge in [0.25, 0.3) is 11.8 Å². The molecule has 0 atom stereocenters. The van der Waals surface area contributed by atoms with Crippen molar-refractivity contribution >= 4 is 17.5 Å². The lowest BCUT2D eigenvalue weighted by Crippen LogP contribution is -2.37. The molecule has 2 aromatic rings. The second-order valence-corrected chi connectivity index (χ2v) is 8.08. The molecule has 1 saturated carbocycles. The Morgan fingerprint density at radius 2 is 1.79 bits per heavy atom. The number of carbonyl (C=O) groups is 2. The van der Waals surface area contributed by atoms with Crippen LogP contribution in [0.1, 0.15) is 70.4 Å². The molecule has 1 aliphatic heterocycles. The molecule has 146 valence electrons. The molecule has 28 heavy (non-hydrogen) atoms. The first-order valence-corrected chi connectivity index (χ1v) is 10.4. The van der Waals surface area contributed by atoms with E-state index in [-0.39, 0.29) is 11.8 Å². The van der Waals surface area contributed by atoms with Crippen LogP contribution in [0.3, 0.4) is 0 Å². The lowest BCUT2D eigenvalue weighted by atomic mass is 9.94. The summed E-state index contributed by atoms with van der Waals surface area (Å²) in [4.78, 5) is 27.6. The van der Waals surface area contributed by atoms with Gasteiger partial charge < -0.3 is 10.2 Å². The summed E-state index contributed by atoms with van der Waals surface area (Å²) in [5, 5.41) is 3.19. The van der Waals surface area contributed by atoms with Crippen molar-refractivity contribution < 1.29 is 9.59 Å². The molecule has 1 heterocycles. The number of nitrogens with zero attached hydrogens (tertiary/aromatic N) is 1. The number of aryl methyl sites for hydroxylation is 2. The van der Waals surface area contributed by atoms with Crippen molar-refractivity contribution in [2.75, 3.05) is 11.4 Å². The predicted octanol–water partition coefficient (Wildman–Crippen LogP) is 4.65. The predicted molar refractivity (Wildman–Crippen MR) is 112 cm³/mol. The largest absolute Gasteiger partial charge is 0.349 e. The standard InChI is InChI=1S/C24H28N2O2/c1-17-7-5-8-20(15-17)24(28)26-14-6-9-18-16-19(12-13-22(18)26)23(27)25-21-10-3-2-4-11-21/h5,7-8,12-13,15-16,21H,2-4,6,9-11,14H2,1H3,(H,25,27). The normalized spacial score (nSPS) is 17.1. The fraction of sp³-hybridized carbons (Fsp3) is 0.417. The molecular formula is C24H28N2O2. The Morgan fingerprint density at radius 1 is 0.964 bits per heavy atom. The first-order chi connectivity index (χ1) is 13.6. The van der Waals surface area contributed by atoms with Crippen LogP contribution in [0.2, 0.25) is 0 Å². The first kappa shape index (κ1) is 18.7. The zero-order valence-electron chi connectivity index (χ0n) is 16.5. The zero-order chi connectivity index (χ0) is 19.5. The molecule has 0 bridgehead atoms. The van der Waals surface area contributed by atoms with Crippen LogP contribution in [-0.2, 0) is 6.42 Å². The fourth-order valence-electron chi connectivity index (χ4n) is 4.40. The summed E-state index contributed by atoms with van der Waals surface area (Å²) in [7, 11) is 0. The molecule has 2 amide bonds. The first-order valence-electron chi connectivity index (χ1n) is 10.4. The van der Waals surface area contributed by atoms with Crippen molar-refractivity contribution in [3.8, 4) is 0 Å². The minimum Gasteiger partial charge on any atom is -0.349 e. The third-order valence-electron chi connectivity index (χ3n) is 5.91. The zero-order valence-corrected chi connectivity index (χ0v) is 16.5. The number of benzene rings is 2. The summed E-state index contributed by atoms with van der Waals surface area (Å²) in [5.41, 5.74) is 4.52. The quantitative estimate of drug-likeness (QED) is 0.848. The van der Waals surface area contributed by atoms with Gasteiger partial charge in [0, 0.05) is 29.4 Å². The smallest absolute Gasteiger partial charge is 0.258 e. The number of anilines is 1. The van der Waals surface area contributed by atoms with E-state index in [0.29, 0.717) is 23.7 Å². The molecule has 1 N–H and O–H groups in total. The van der Waals surface area contributed by atoms with Gasteiger partial charge in [0.05, 0.1) is 0 Å². The average Bonchev–Trinajstić information content (AvgIpc) is 2.73. The van der Waals surface area contributed by atoms with Crippen LogP contribution in [0, 0.1) is 6.92 Å². The van der Waals surface area contributed by atoms with E-state index >= 15 is 0 Å². The molecule has 4 rings (SSSR count). The molecule has 0 radical (unpaired) electrons. The number of hydrogen-bond donors (Lipinski definition) is 1. The molecular weight excluding hydrogens is 348 g/mol. The third kappa shape index (κ3) is 3.96. The molecule has 4 nitrogen and oxygen atoms in total. The molecule has 0 aromatic heterocycles. The molecule has 0 spiro atoms. The van der Waals surface area contributed by atoms with Crippen molar-refractivity contribution in [2.24, 2.45) is 0 Å². The van der Waals surface area contributed by atoms with Crippen molar-refractivity contribution in [3.63, 3.8) is 0 Å². The third-order valence-corrected chi connectivity index (χ3v) is 5.91. The maximum absolute atomic E-state index is 13.0. The SMILES string of the molecule is Cc1cccc(C(=O)N2CCCc3cc(C(=O)NC4CCCCC4)ccc32)c1. The van der Waals surface area contributed by atoms with Crippen LogP contribution in [0.5, 0.6) is 0 Å². The van der Waals surface area contributed by atoms with E-state index < -0.39 is 0 Å². The van der Waals surface area contributed by atoms with E-state index in [0.717, 1.165) is 42.5 Å². The summed E-state index contributed by atoms with van der Waals surface area (Å²) in [5.74, 6) is 0.0425. The number of amides is 2. The van der Waals surface area contributed by atoms with Crippen molar-refractivity contribution in [2.45, 2.75) is 57.9 Å². The number of rotatable bonds is 3. The van der Waals surface area contributed by atoms with Crippen LogP contribution in [0.15, 0.2) is 42.5 Å². The average molecular weight is 377 g/mol. The Labute approximate surface area is 166 Å². The highest BCUT2D eigenvalue weighted by molar-refractivity contribution is 6.07. The second kappa shape index (κ2) is 8.17. The van der Waals surface area contributed by atoms with Gasteiger partial charge in [-0.1, -0.05) is 37.0 Å². The van der Waals surface area contributed by atoms with Crippen molar-refractivity contribution in [1.82, 2.24) is 5.32 Å². The number of nitrogens with one attached hydrogen (secondary N) is 1. The van der Waals surface area contributed by atoms with E-state index in [9.17, 15) is 9.59 Å². The molecule has 0 saturated heterocycles. The van der Waals surface area contributed by atoms with Crippen LogP contribution >= 0.6 is 0 Å². The van der Waals surface area contributed by atoms with Gasteiger partial charge in [-0.15, -0.1) is 0 Å². The highest BCUT2D eigenvalue weighted by Crippen LogP contribution is 2.30. The molecule has 0 unspecified atom stereocenters. The molecule has 2 aliphatic rings. The van der Waals surface area contributed by atoms with Crippen LogP contribution in [-0.4, -0.2) is 24.4 Å². The molecule has 2 aromatic carbocycles. The van der Waals surface area contributed by atoms with Gasteiger partial charge in [-0.05, 0) is 68.5 Å². The lowest BCUT2D eigenvalue weighted by molar-refractivity contribution is 0.0927. The summed E-state index contributed by atoms with van der Waals surface area (Å²) in [6.45, 7) is 2.71. The van der Waals surface area contributed by atoms with E-state index in [4.69, 9.17) is 0 Å². The van der Waals surface area contributed by atoms with Crippen LogP contribution in [0.4, 0.5) is 5.69 Å². The fourth-order valence-corrected chi connectivity index (χ4v) is 4.40. The summed E-state index contributed by atoms with van der Waals surface area (Å²) >= 11 is 0. The number of fused-ring (bicyclic) bond motifs is 1. The molecule has 4 heteroatoms. The van der Waals surface area contributed by atoms with Gasteiger partial charge in [0.15, 0.2) is 0 Å². The monoisotopic (exact) mass is 376 g/mol. The van der Waals surface area contributed by atoms with Gasteiger partial charge in [0.2, 0.25) is 0 Å². The number of carbonyl (C=O) groups excluding carboxylic acids is 2. The Hall–Kier alpha value is -2.62. The Bertz CT molecular complexity index is 884. The second-order valence-electron chi connectivity index (χ2n) is 8.08.